The molecule has 2 amide bonds. The van der Waals surface area contributed by atoms with E-state index in [9.17, 15) is 9.59 Å². The van der Waals surface area contributed by atoms with Gasteiger partial charge in [0.15, 0.2) is 11.5 Å². The molecule has 3 aromatic carbocycles. The Labute approximate surface area is 193 Å². The summed E-state index contributed by atoms with van der Waals surface area (Å²) in [5.74, 6) is 0.119. The number of carbonyl (C=O) groups excluding carboxylic acids is 2. The highest BCUT2D eigenvalue weighted by molar-refractivity contribution is 6.46. The van der Waals surface area contributed by atoms with Crippen molar-refractivity contribution in [1.82, 2.24) is 0 Å². The molecule has 0 radical (unpaired) electrons. The maximum absolute atomic E-state index is 13.6. The lowest BCUT2D eigenvalue weighted by Gasteiger charge is -2.17. The van der Waals surface area contributed by atoms with E-state index in [0.717, 1.165) is 22.4 Å². The van der Waals surface area contributed by atoms with Gasteiger partial charge < -0.3 is 14.8 Å². The highest BCUT2D eigenvalue weighted by Crippen LogP contribution is 2.37. The van der Waals surface area contributed by atoms with E-state index < -0.39 is 11.8 Å². The minimum atomic E-state index is -0.429. The number of benzene rings is 3. The van der Waals surface area contributed by atoms with E-state index in [-0.39, 0.29) is 5.70 Å². The van der Waals surface area contributed by atoms with Crippen LogP contribution in [-0.2, 0) is 9.59 Å². The number of methoxy groups -OCH3 is 2. The Hall–Kier alpha value is -4.06. The number of nitrogens with zero attached hydrogens (tertiary/aromatic N) is 1. The van der Waals surface area contributed by atoms with Gasteiger partial charge in [-0.25, -0.2) is 4.90 Å². The van der Waals surface area contributed by atoms with Gasteiger partial charge in [-0.3, -0.25) is 9.59 Å². The van der Waals surface area contributed by atoms with E-state index in [2.05, 4.69) is 11.4 Å². The van der Waals surface area contributed by atoms with Crippen LogP contribution in [-0.4, -0.2) is 26.0 Å². The SMILES string of the molecule is COc1ccc(N2C(=O)C(Nc3cc(C)cc(C)c3)=C(c3ccc(C)cc3)C2=O)cc1OC. The number of carbonyl (C=O) groups is 2. The highest BCUT2D eigenvalue weighted by Gasteiger charge is 2.40. The lowest BCUT2D eigenvalue weighted by Crippen LogP contribution is -2.32. The van der Waals surface area contributed by atoms with Crippen LogP contribution >= 0.6 is 0 Å². The van der Waals surface area contributed by atoms with Crippen molar-refractivity contribution < 1.29 is 19.1 Å². The van der Waals surface area contributed by atoms with E-state index in [1.165, 1.54) is 19.1 Å². The van der Waals surface area contributed by atoms with Crippen molar-refractivity contribution >= 4 is 28.8 Å². The predicted octanol–water partition coefficient (Wildman–Crippen LogP) is 5.03. The molecule has 0 fully saturated rings. The molecule has 0 atom stereocenters. The summed E-state index contributed by atoms with van der Waals surface area (Å²) in [5.41, 5.74) is 5.59. The molecular formula is C27H26N2O4. The third kappa shape index (κ3) is 4.20. The molecule has 33 heavy (non-hydrogen) atoms. The van der Waals surface area contributed by atoms with Crippen LogP contribution in [0.5, 0.6) is 11.5 Å². The second-order valence-electron chi connectivity index (χ2n) is 8.10. The Balaban J connectivity index is 1.83. The third-order valence-corrected chi connectivity index (χ3v) is 5.54. The summed E-state index contributed by atoms with van der Waals surface area (Å²) in [7, 11) is 3.05. The van der Waals surface area contributed by atoms with E-state index in [4.69, 9.17) is 9.47 Å². The van der Waals surface area contributed by atoms with Gasteiger partial charge in [0.1, 0.15) is 5.70 Å². The molecule has 168 valence electrons. The minimum Gasteiger partial charge on any atom is -0.493 e. The number of nitrogens with one attached hydrogen (secondary N) is 1. The van der Waals surface area contributed by atoms with Crippen LogP contribution in [0.15, 0.2) is 66.4 Å². The minimum absolute atomic E-state index is 0.239. The zero-order valence-corrected chi connectivity index (χ0v) is 19.4. The molecule has 0 saturated heterocycles. The molecular weight excluding hydrogens is 416 g/mol. The smallest absolute Gasteiger partial charge is 0.282 e. The van der Waals surface area contributed by atoms with Gasteiger partial charge in [0.05, 0.1) is 25.5 Å². The van der Waals surface area contributed by atoms with Gasteiger partial charge in [0.25, 0.3) is 11.8 Å². The maximum Gasteiger partial charge on any atom is 0.282 e. The average molecular weight is 443 g/mol. The second-order valence-corrected chi connectivity index (χ2v) is 8.10. The molecule has 1 N–H and O–H groups in total. The molecule has 4 rings (SSSR count). The molecule has 0 aliphatic carbocycles. The van der Waals surface area contributed by atoms with Crippen molar-refractivity contribution in [3.63, 3.8) is 0 Å². The fourth-order valence-corrected chi connectivity index (χ4v) is 4.02. The molecule has 6 nitrogen and oxygen atoms in total. The molecule has 0 unspecified atom stereocenters. The number of imide groups is 1. The summed E-state index contributed by atoms with van der Waals surface area (Å²) >= 11 is 0. The van der Waals surface area contributed by atoms with E-state index in [0.29, 0.717) is 28.3 Å². The first-order valence-electron chi connectivity index (χ1n) is 10.6. The normalized spacial score (nSPS) is 13.5. The standard InChI is InChI=1S/C27H26N2O4/c1-16-6-8-19(9-7-16)24-25(28-20-13-17(2)12-18(3)14-20)27(31)29(26(24)30)21-10-11-22(32-4)23(15-21)33-5/h6-15,28H,1-5H3. The molecule has 1 aliphatic heterocycles. The van der Waals surface area contributed by atoms with Crippen LogP contribution in [0.3, 0.4) is 0 Å². The van der Waals surface area contributed by atoms with E-state index >= 15 is 0 Å². The molecule has 0 bridgehead atoms. The van der Waals surface area contributed by atoms with Gasteiger partial charge >= 0.3 is 0 Å². The summed E-state index contributed by atoms with van der Waals surface area (Å²) in [6.07, 6.45) is 0. The lowest BCUT2D eigenvalue weighted by atomic mass is 10.0. The van der Waals surface area contributed by atoms with E-state index in [1.54, 1.807) is 18.2 Å². The van der Waals surface area contributed by atoms with Crippen LogP contribution < -0.4 is 19.7 Å². The quantitative estimate of drug-likeness (QED) is 0.543. The summed E-state index contributed by atoms with van der Waals surface area (Å²) in [6, 6.07) is 18.5. The van der Waals surface area contributed by atoms with Crippen LogP contribution in [0.25, 0.3) is 5.57 Å². The molecule has 1 heterocycles. The number of hydrogen-bond acceptors (Lipinski definition) is 5. The number of ether oxygens (including phenoxy) is 2. The van der Waals surface area contributed by atoms with Crippen LogP contribution in [0.1, 0.15) is 22.3 Å². The first kappa shape index (κ1) is 22.1. The van der Waals surface area contributed by atoms with Gasteiger partial charge in [0, 0.05) is 11.8 Å². The molecule has 1 aliphatic rings. The van der Waals surface area contributed by atoms with Gasteiger partial charge in [0.2, 0.25) is 0 Å². The molecule has 0 saturated carbocycles. The Morgan fingerprint density at radius 1 is 0.697 bits per heavy atom. The van der Waals surface area contributed by atoms with Crippen molar-refractivity contribution in [2.75, 3.05) is 24.4 Å². The zero-order valence-electron chi connectivity index (χ0n) is 19.4. The summed E-state index contributed by atoms with van der Waals surface area (Å²) < 4.78 is 10.7. The summed E-state index contributed by atoms with van der Waals surface area (Å²) in [5, 5.41) is 3.23. The van der Waals surface area contributed by atoms with Gasteiger partial charge in [-0.15, -0.1) is 0 Å². The summed E-state index contributed by atoms with van der Waals surface area (Å²) in [6.45, 7) is 5.96. The Morgan fingerprint density at radius 2 is 1.33 bits per heavy atom. The monoisotopic (exact) mass is 442 g/mol. The number of hydrogen-bond donors (Lipinski definition) is 1. The predicted molar refractivity (Wildman–Crippen MR) is 130 cm³/mol. The molecule has 3 aromatic rings. The number of aryl methyl sites for hydroxylation is 3. The topological polar surface area (TPSA) is 67.9 Å². The fourth-order valence-electron chi connectivity index (χ4n) is 4.02. The van der Waals surface area contributed by atoms with Crippen molar-refractivity contribution in [3.05, 3.63) is 88.6 Å². The van der Waals surface area contributed by atoms with Gasteiger partial charge in [-0.1, -0.05) is 35.9 Å². The lowest BCUT2D eigenvalue weighted by molar-refractivity contribution is -0.120. The number of rotatable bonds is 6. The zero-order chi connectivity index (χ0) is 23.7. The molecule has 6 heteroatoms. The largest absolute Gasteiger partial charge is 0.493 e. The van der Waals surface area contributed by atoms with Gasteiger partial charge in [-0.2, -0.15) is 0 Å². The van der Waals surface area contributed by atoms with Crippen molar-refractivity contribution in [3.8, 4) is 11.5 Å². The fraction of sp³-hybridized carbons (Fsp3) is 0.185. The van der Waals surface area contributed by atoms with Crippen molar-refractivity contribution in [1.29, 1.82) is 0 Å². The molecule has 0 spiro atoms. The number of amides is 2. The average Bonchev–Trinajstić information content (AvgIpc) is 3.02. The van der Waals surface area contributed by atoms with Crippen LogP contribution in [0.4, 0.5) is 11.4 Å². The first-order chi connectivity index (χ1) is 15.8. The Kier molecular flexibility index (Phi) is 5.92. The highest BCUT2D eigenvalue weighted by atomic mass is 16.5. The maximum atomic E-state index is 13.6. The van der Waals surface area contributed by atoms with Crippen molar-refractivity contribution in [2.45, 2.75) is 20.8 Å². The first-order valence-corrected chi connectivity index (χ1v) is 10.6. The number of anilines is 2. The van der Waals surface area contributed by atoms with Crippen LogP contribution in [0, 0.1) is 20.8 Å². The van der Waals surface area contributed by atoms with Crippen LogP contribution in [0.2, 0.25) is 0 Å². The van der Waals surface area contributed by atoms with Gasteiger partial charge in [-0.05, 0) is 61.7 Å². The summed E-state index contributed by atoms with van der Waals surface area (Å²) in [4.78, 5) is 28.4. The van der Waals surface area contributed by atoms with E-state index in [1.807, 2.05) is 57.2 Å². The molecule has 0 aromatic heterocycles. The van der Waals surface area contributed by atoms with Crippen molar-refractivity contribution in [2.24, 2.45) is 0 Å². The third-order valence-electron chi connectivity index (χ3n) is 5.54. The Bertz CT molecular complexity index is 1260. The second kappa shape index (κ2) is 8.82. The Morgan fingerprint density at radius 3 is 1.94 bits per heavy atom.